The number of rotatable bonds is 3. The van der Waals surface area contributed by atoms with Gasteiger partial charge in [0.15, 0.2) is 0 Å². The van der Waals surface area contributed by atoms with Gasteiger partial charge in [-0.15, -0.1) is 11.3 Å². The Bertz CT molecular complexity index is 635. The summed E-state index contributed by atoms with van der Waals surface area (Å²) in [6.07, 6.45) is 1.32. The predicted octanol–water partition coefficient (Wildman–Crippen LogP) is 1.92. The van der Waals surface area contributed by atoms with Gasteiger partial charge in [-0.2, -0.15) is 5.26 Å². The van der Waals surface area contributed by atoms with Crippen molar-refractivity contribution in [2.75, 3.05) is 11.9 Å². The van der Waals surface area contributed by atoms with Crippen LogP contribution in [-0.4, -0.2) is 16.5 Å². The van der Waals surface area contributed by atoms with Gasteiger partial charge in [-0.1, -0.05) is 13.8 Å². The van der Waals surface area contributed by atoms with Gasteiger partial charge in [0.25, 0.3) is 5.56 Å². The minimum atomic E-state index is -0.200. The second-order valence-corrected chi connectivity index (χ2v) is 5.12. The number of hydrogen-bond acceptors (Lipinski definition) is 5. The summed E-state index contributed by atoms with van der Waals surface area (Å²) >= 11 is 1.28. The molecule has 0 amide bonds. The van der Waals surface area contributed by atoms with E-state index in [1.54, 1.807) is 0 Å². The summed E-state index contributed by atoms with van der Waals surface area (Å²) in [5.74, 6) is 0.470. The number of anilines is 1. The molecule has 0 spiro atoms. The molecule has 0 aliphatic carbocycles. The molecule has 0 atom stereocenters. The van der Waals surface area contributed by atoms with Gasteiger partial charge in [0, 0.05) is 6.54 Å². The SMILES string of the molecule is CC(C)CNc1sc2c(=O)[nH]cnc2c1C#N. The van der Waals surface area contributed by atoms with E-state index in [0.29, 0.717) is 21.7 Å². The van der Waals surface area contributed by atoms with Crippen molar-refractivity contribution in [3.05, 3.63) is 22.2 Å². The summed E-state index contributed by atoms with van der Waals surface area (Å²) in [5, 5.41) is 13.0. The smallest absolute Gasteiger partial charge is 0.268 e. The Hall–Kier alpha value is -1.87. The van der Waals surface area contributed by atoms with Crippen molar-refractivity contribution < 1.29 is 0 Å². The maximum Gasteiger partial charge on any atom is 0.268 e. The summed E-state index contributed by atoms with van der Waals surface area (Å²) in [6.45, 7) is 4.92. The molecule has 2 aromatic heterocycles. The molecule has 0 aromatic carbocycles. The second-order valence-electron chi connectivity index (χ2n) is 4.10. The van der Waals surface area contributed by atoms with Gasteiger partial charge in [-0.05, 0) is 5.92 Å². The Kier molecular flexibility index (Phi) is 3.11. The Morgan fingerprint density at radius 1 is 1.65 bits per heavy atom. The highest BCUT2D eigenvalue weighted by atomic mass is 32.1. The van der Waals surface area contributed by atoms with E-state index in [0.717, 1.165) is 11.5 Å². The van der Waals surface area contributed by atoms with Crippen molar-refractivity contribution in [2.45, 2.75) is 13.8 Å². The molecule has 2 heterocycles. The van der Waals surface area contributed by atoms with Gasteiger partial charge in [0.2, 0.25) is 0 Å². The first kappa shape index (κ1) is 11.6. The van der Waals surface area contributed by atoms with Crippen molar-refractivity contribution >= 4 is 26.6 Å². The van der Waals surface area contributed by atoms with E-state index >= 15 is 0 Å². The molecular weight excluding hydrogens is 236 g/mol. The van der Waals surface area contributed by atoms with E-state index in [9.17, 15) is 4.79 Å². The third kappa shape index (κ3) is 2.15. The summed E-state index contributed by atoms with van der Waals surface area (Å²) in [6, 6.07) is 2.10. The molecule has 88 valence electrons. The molecule has 0 aliphatic rings. The molecule has 0 saturated heterocycles. The molecule has 0 bridgehead atoms. The number of hydrogen-bond donors (Lipinski definition) is 2. The maximum atomic E-state index is 11.6. The van der Waals surface area contributed by atoms with E-state index in [2.05, 4.69) is 35.2 Å². The van der Waals surface area contributed by atoms with Gasteiger partial charge in [0.05, 0.1) is 6.33 Å². The number of nitrogens with one attached hydrogen (secondary N) is 2. The molecule has 0 unspecified atom stereocenters. The van der Waals surface area contributed by atoms with Crippen LogP contribution in [-0.2, 0) is 0 Å². The topological polar surface area (TPSA) is 81.6 Å². The molecule has 5 nitrogen and oxygen atoms in total. The van der Waals surface area contributed by atoms with Crippen molar-refractivity contribution in [1.82, 2.24) is 9.97 Å². The molecule has 2 N–H and O–H groups in total. The van der Waals surface area contributed by atoms with Crippen LogP contribution in [0.4, 0.5) is 5.00 Å². The Labute approximate surface area is 102 Å². The van der Waals surface area contributed by atoms with E-state index in [1.807, 2.05) is 0 Å². The minimum absolute atomic E-state index is 0.200. The van der Waals surface area contributed by atoms with Crippen LogP contribution in [0.2, 0.25) is 0 Å². The summed E-state index contributed by atoms with van der Waals surface area (Å²) < 4.78 is 0.496. The fourth-order valence-corrected chi connectivity index (χ4v) is 2.45. The molecule has 0 fully saturated rings. The predicted molar refractivity (Wildman–Crippen MR) is 68.3 cm³/mol. The van der Waals surface area contributed by atoms with E-state index in [4.69, 9.17) is 5.26 Å². The first-order valence-corrected chi connectivity index (χ1v) is 6.09. The monoisotopic (exact) mass is 248 g/mol. The van der Waals surface area contributed by atoms with Crippen LogP contribution in [0.3, 0.4) is 0 Å². The Morgan fingerprint density at radius 2 is 2.41 bits per heavy atom. The summed E-state index contributed by atoms with van der Waals surface area (Å²) in [5.41, 5.74) is 0.735. The summed E-state index contributed by atoms with van der Waals surface area (Å²) in [4.78, 5) is 18.1. The van der Waals surface area contributed by atoms with Crippen LogP contribution >= 0.6 is 11.3 Å². The minimum Gasteiger partial charge on any atom is -0.376 e. The quantitative estimate of drug-likeness (QED) is 0.869. The van der Waals surface area contributed by atoms with E-state index < -0.39 is 0 Å². The largest absolute Gasteiger partial charge is 0.376 e. The normalized spacial score (nSPS) is 10.7. The number of aromatic amines is 1. The van der Waals surface area contributed by atoms with Crippen LogP contribution in [0, 0.1) is 17.2 Å². The Balaban J connectivity index is 2.53. The fraction of sp³-hybridized carbons (Fsp3) is 0.364. The molecule has 0 saturated carbocycles. The van der Waals surface area contributed by atoms with Crippen molar-refractivity contribution in [2.24, 2.45) is 5.92 Å². The highest BCUT2D eigenvalue weighted by Gasteiger charge is 2.15. The first-order chi connectivity index (χ1) is 8.13. The molecule has 0 aliphatic heterocycles. The molecule has 6 heteroatoms. The third-order valence-electron chi connectivity index (χ3n) is 2.26. The average molecular weight is 248 g/mol. The lowest BCUT2D eigenvalue weighted by Gasteiger charge is -2.06. The van der Waals surface area contributed by atoms with E-state index in [1.165, 1.54) is 17.7 Å². The lowest BCUT2D eigenvalue weighted by Crippen LogP contribution is -2.07. The van der Waals surface area contributed by atoms with Crippen LogP contribution in [0.5, 0.6) is 0 Å². The zero-order chi connectivity index (χ0) is 12.4. The van der Waals surface area contributed by atoms with Crippen LogP contribution < -0.4 is 10.9 Å². The molecule has 2 rings (SSSR count). The first-order valence-electron chi connectivity index (χ1n) is 5.27. The van der Waals surface area contributed by atoms with E-state index in [-0.39, 0.29) is 5.56 Å². The van der Waals surface area contributed by atoms with Crippen molar-refractivity contribution in [3.63, 3.8) is 0 Å². The molecular formula is C11H12N4OS. The van der Waals surface area contributed by atoms with Gasteiger partial charge in [-0.25, -0.2) is 4.98 Å². The van der Waals surface area contributed by atoms with Crippen LogP contribution in [0.15, 0.2) is 11.1 Å². The van der Waals surface area contributed by atoms with Gasteiger partial charge in [0.1, 0.15) is 26.9 Å². The number of aromatic nitrogens is 2. The van der Waals surface area contributed by atoms with Crippen molar-refractivity contribution in [1.29, 1.82) is 5.26 Å². The van der Waals surface area contributed by atoms with Crippen LogP contribution in [0.25, 0.3) is 10.2 Å². The zero-order valence-corrected chi connectivity index (χ0v) is 10.4. The van der Waals surface area contributed by atoms with Gasteiger partial charge < -0.3 is 10.3 Å². The maximum absolute atomic E-state index is 11.6. The zero-order valence-electron chi connectivity index (χ0n) is 9.57. The fourth-order valence-electron chi connectivity index (χ4n) is 1.45. The standard InChI is InChI=1S/C11H12N4OS/c1-6(2)4-13-11-7(3-12)8-9(17-11)10(16)15-5-14-8/h5-6,13H,4H2,1-2H3,(H,14,15,16). The third-order valence-corrected chi connectivity index (χ3v) is 3.40. The lowest BCUT2D eigenvalue weighted by atomic mass is 10.2. The van der Waals surface area contributed by atoms with Crippen molar-refractivity contribution in [3.8, 4) is 6.07 Å². The molecule has 17 heavy (non-hydrogen) atoms. The average Bonchev–Trinajstić information content (AvgIpc) is 2.65. The highest BCUT2D eigenvalue weighted by molar-refractivity contribution is 7.23. The molecule has 0 radical (unpaired) electrons. The Morgan fingerprint density at radius 3 is 3.06 bits per heavy atom. The highest BCUT2D eigenvalue weighted by Crippen LogP contribution is 2.31. The van der Waals surface area contributed by atoms with Crippen LogP contribution in [0.1, 0.15) is 19.4 Å². The second kappa shape index (κ2) is 4.55. The van der Waals surface area contributed by atoms with Gasteiger partial charge in [-0.3, -0.25) is 4.79 Å². The lowest BCUT2D eigenvalue weighted by molar-refractivity contribution is 0.690. The number of H-pyrrole nitrogens is 1. The number of fused-ring (bicyclic) bond motifs is 1. The molecule has 2 aromatic rings. The number of nitrogens with zero attached hydrogens (tertiary/aromatic N) is 2. The summed E-state index contributed by atoms with van der Waals surface area (Å²) in [7, 11) is 0. The number of thiophene rings is 1. The number of nitriles is 1. The van der Waals surface area contributed by atoms with Gasteiger partial charge >= 0.3 is 0 Å².